The van der Waals surface area contributed by atoms with E-state index in [0.717, 1.165) is 24.2 Å². The van der Waals surface area contributed by atoms with Gasteiger partial charge in [-0.05, 0) is 30.5 Å². The highest BCUT2D eigenvalue weighted by Crippen LogP contribution is 2.45. The quantitative estimate of drug-likeness (QED) is 0.838. The van der Waals surface area contributed by atoms with Crippen LogP contribution < -0.4 is 10.1 Å². The van der Waals surface area contributed by atoms with Gasteiger partial charge in [0.05, 0.1) is 0 Å². The Morgan fingerprint density at radius 1 is 1.47 bits per heavy atom. The summed E-state index contributed by atoms with van der Waals surface area (Å²) in [6, 6.07) is 7.86. The van der Waals surface area contributed by atoms with Crippen molar-refractivity contribution in [3.8, 4) is 5.75 Å². The topological polar surface area (TPSA) is 41.6 Å². The molecular weight excluding hydrogens is 240 g/mol. The first-order chi connectivity index (χ1) is 9.16. The van der Waals surface area contributed by atoms with E-state index >= 15 is 0 Å². The lowest BCUT2D eigenvalue weighted by molar-refractivity contribution is -0.129. The summed E-state index contributed by atoms with van der Waals surface area (Å²) in [5, 5.41) is 3.44. The Morgan fingerprint density at radius 2 is 2.16 bits per heavy atom. The Bertz CT molecular complexity index is 505. The number of benzene rings is 1. The van der Waals surface area contributed by atoms with Crippen LogP contribution in [0.1, 0.15) is 24.6 Å². The van der Waals surface area contributed by atoms with Crippen LogP contribution in [-0.2, 0) is 4.79 Å². The van der Waals surface area contributed by atoms with Crippen LogP contribution in [0.5, 0.6) is 5.75 Å². The molecular formula is C15H18N2O2. The second kappa shape index (κ2) is 4.38. The van der Waals surface area contributed by atoms with E-state index in [9.17, 15) is 4.79 Å². The summed E-state index contributed by atoms with van der Waals surface area (Å²) in [7, 11) is 1.86. The van der Waals surface area contributed by atoms with Crippen LogP contribution in [0.2, 0.25) is 0 Å². The van der Waals surface area contributed by atoms with Gasteiger partial charge in [0.15, 0.2) is 0 Å². The molecule has 1 saturated carbocycles. The van der Waals surface area contributed by atoms with Crippen LogP contribution in [0.4, 0.5) is 0 Å². The predicted octanol–water partition coefficient (Wildman–Crippen LogP) is 1.84. The van der Waals surface area contributed by atoms with Crippen molar-refractivity contribution >= 4 is 5.91 Å². The number of ether oxygens (including phenoxy) is 1. The molecule has 100 valence electrons. The van der Waals surface area contributed by atoms with E-state index in [2.05, 4.69) is 11.9 Å². The van der Waals surface area contributed by atoms with E-state index in [1.807, 2.05) is 31.3 Å². The second-order valence-corrected chi connectivity index (χ2v) is 5.21. The van der Waals surface area contributed by atoms with Crippen molar-refractivity contribution in [2.24, 2.45) is 0 Å². The first kappa shape index (κ1) is 12.2. The van der Waals surface area contributed by atoms with E-state index in [0.29, 0.717) is 6.61 Å². The summed E-state index contributed by atoms with van der Waals surface area (Å²) in [5.74, 6) is 1.03. The predicted molar refractivity (Wildman–Crippen MR) is 72.7 cm³/mol. The molecule has 1 aliphatic carbocycles. The molecule has 1 heterocycles. The van der Waals surface area contributed by atoms with Crippen molar-refractivity contribution in [2.45, 2.75) is 24.5 Å². The number of carbonyl (C=O) groups excluding carboxylic acids is 1. The van der Waals surface area contributed by atoms with Crippen LogP contribution in [0.3, 0.4) is 0 Å². The first-order valence-electron chi connectivity index (χ1n) is 6.55. The van der Waals surface area contributed by atoms with Crippen molar-refractivity contribution in [2.75, 3.05) is 13.7 Å². The minimum atomic E-state index is -0.266. The smallest absolute Gasteiger partial charge is 0.244 e. The lowest BCUT2D eigenvalue weighted by Gasteiger charge is -2.19. The molecule has 1 aromatic carbocycles. The van der Waals surface area contributed by atoms with Crippen LogP contribution in [0.25, 0.3) is 0 Å². The third-order valence-electron chi connectivity index (χ3n) is 3.84. The minimum absolute atomic E-state index is 0.0246. The second-order valence-electron chi connectivity index (χ2n) is 5.21. The van der Waals surface area contributed by atoms with E-state index < -0.39 is 0 Å². The first-order valence-corrected chi connectivity index (χ1v) is 6.55. The van der Waals surface area contributed by atoms with Crippen molar-refractivity contribution in [1.29, 1.82) is 0 Å². The van der Waals surface area contributed by atoms with Gasteiger partial charge in [0.25, 0.3) is 0 Å². The van der Waals surface area contributed by atoms with Gasteiger partial charge < -0.3 is 9.64 Å². The van der Waals surface area contributed by atoms with Crippen LogP contribution in [0.15, 0.2) is 36.9 Å². The number of carbonyl (C=O) groups is 1. The maximum Gasteiger partial charge on any atom is 0.244 e. The summed E-state index contributed by atoms with van der Waals surface area (Å²) >= 11 is 0. The van der Waals surface area contributed by atoms with E-state index in [1.165, 1.54) is 0 Å². The Kier molecular flexibility index (Phi) is 2.82. The molecule has 1 N–H and O–H groups in total. The molecule has 1 aromatic rings. The number of amides is 1. The van der Waals surface area contributed by atoms with Crippen LogP contribution in [-0.4, -0.2) is 30.0 Å². The minimum Gasteiger partial charge on any atom is -0.490 e. The molecule has 1 atom stereocenters. The molecule has 1 saturated heterocycles. The monoisotopic (exact) mass is 258 g/mol. The zero-order valence-electron chi connectivity index (χ0n) is 11.1. The number of likely N-dealkylation sites (N-methyl/N-ethyl adjacent to an activating group) is 1. The largest absolute Gasteiger partial charge is 0.490 e. The lowest BCUT2D eigenvalue weighted by Crippen LogP contribution is -2.30. The molecule has 4 nitrogen and oxygen atoms in total. The molecule has 0 aromatic heterocycles. The number of nitrogens with zero attached hydrogens (tertiary/aromatic N) is 1. The third kappa shape index (κ3) is 2.02. The van der Waals surface area contributed by atoms with Crippen molar-refractivity contribution in [3.63, 3.8) is 0 Å². The van der Waals surface area contributed by atoms with E-state index in [4.69, 9.17) is 4.74 Å². The van der Waals surface area contributed by atoms with E-state index in [1.54, 1.807) is 11.0 Å². The summed E-state index contributed by atoms with van der Waals surface area (Å²) in [6.45, 7) is 4.12. The molecule has 2 fully saturated rings. The molecule has 1 amide bonds. The van der Waals surface area contributed by atoms with E-state index in [-0.39, 0.29) is 17.6 Å². The molecule has 1 unspecified atom stereocenters. The highest BCUT2D eigenvalue weighted by molar-refractivity contribution is 5.91. The molecule has 2 aliphatic rings. The molecule has 3 rings (SSSR count). The average Bonchev–Trinajstić information content (AvgIpc) is 3.18. The number of nitrogens with one attached hydrogen (secondary N) is 1. The van der Waals surface area contributed by atoms with Gasteiger partial charge >= 0.3 is 0 Å². The van der Waals surface area contributed by atoms with Crippen LogP contribution in [0, 0.1) is 0 Å². The fraction of sp³-hybridized carbons (Fsp3) is 0.400. The molecule has 1 spiro atoms. The SMILES string of the molecule is C=CCOc1ccc(C2NC3(CC3)C(=O)N2C)cc1. The third-order valence-corrected chi connectivity index (χ3v) is 3.84. The molecule has 0 bridgehead atoms. The Balaban J connectivity index is 1.76. The van der Waals surface area contributed by atoms with Crippen molar-refractivity contribution in [3.05, 3.63) is 42.5 Å². The van der Waals surface area contributed by atoms with Crippen molar-refractivity contribution in [1.82, 2.24) is 10.2 Å². The van der Waals surface area contributed by atoms with Gasteiger partial charge in [-0.2, -0.15) is 0 Å². The van der Waals surface area contributed by atoms with Crippen molar-refractivity contribution < 1.29 is 9.53 Å². The normalized spacial score (nSPS) is 23.7. The van der Waals surface area contributed by atoms with Crippen LogP contribution >= 0.6 is 0 Å². The zero-order chi connectivity index (χ0) is 13.5. The number of hydrogen-bond donors (Lipinski definition) is 1. The molecule has 1 aliphatic heterocycles. The summed E-state index contributed by atoms with van der Waals surface area (Å²) in [4.78, 5) is 13.9. The lowest BCUT2D eigenvalue weighted by atomic mass is 10.1. The summed E-state index contributed by atoms with van der Waals surface area (Å²) in [5.41, 5.74) is 0.822. The standard InChI is InChI=1S/C15H18N2O2/c1-3-10-19-12-6-4-11(5-7-12)13-16-15(8-9-15)14(18)17(13)2/h3-7,13,16H,1,8-10H2,2H3. The van der Waals surface area contributed by atoms with Gasteiger partial charge in [0.1, 0.15) is 24.1 Å². The molecule has 0 radical (unpaired) electrons. The fourth-order valence-corrected chi connectivity index (χ4v) is 2.57. The number of rotatable bonds is 4. The Morgan fingerprint density at radius 3 is 2.68 bits per heavy atom. The highest BCUT2D eigenvalue weighted by atomic mass is 16.5. The summed E-state index contributed by atoms with van der Waals surface area (Å²) in [6.07, 6.45) is 3.60. The Hall–Kier alpha value is -1.81. The highest BCUT2D eigenvalue weighted by Gasteiger charge is 2.58. The summed E-state index contributed by atoms with van der Waals surface area (Å²) < 4.78 is 5.46. The van der Waals surface area contributed by atoms with Gasteiger partial charge in [-0.1, -0.05) is 24.8 Å². The Labute approximate surface area is 113 Å². The zero-order valence-corrected chi connectivity index (χ0v) is 11.1. The van der Waals surface area contributed by atoms with Gasteiger partial charge in [-0.25, -0.2) is 0 Å². The number of hydrogen-bond acceptors (Lipinski definition) is 3. The maximum atomic E-state index is 12.1. The van der Waals surface area contributed by atoms with Gasteiger partial charge in [0, 0.05) is 7.05 Å². The van der Waals surface area contributed by atoms with Gasteiger partial charge in [0.2, 0.25) is 5.91 Å². The maximum absolute atomic E-state index is 12.1. The molecule has 19 heavy (non-hydrogen) atoms. The molecule has 4 heteroatoms. The fourth-order valence-electron chi connectivity index (χ4n) is 2.57. The van der Waals surface area contributed by atoms with Gasteiger partial charge in [-0.3, -0.25) is 10.1 Å². The van der Waals surface area contributed by atoms with Gasteiger partial charge in [-0.15, -0.1) is 0 Å². The average molecular weight is 258 g/mol.